The van der Waals surface area contributed by atoms with Crippen LogP contribution < -0.4 is 0 Å². The summed E-state index contributed by atoms with van der Waals surface area (Å²) in [6.45, 7) is 1.54. The Balaban J connectivity index is 1.54. The summed E-state index contributed by atoms with van der Waals surface area (Å²) in [5, 5.41) is 0.761. The summed E-state index contributed by atoms with van der Waals surface area (Å²) in [6.07, 6.45) is -4.32. The molecule has 6 heteroatoms. The molecule has 0 unspecified atom stereocenters. The lowest BCUT2D eigenvalue weighted by atomic mass is 10.0. The summed E-state index contributed by atoms with van der Waals surface area (Å²) < 4.78 is 38.3. The summed E-state index contributed by atoms with van der Waals surface area (Å²) in [7, 11) is 0. The van der Waals surface area contributed by atoms with Gasteiger partial charge < -0.3 is 0 Å². The molecule has 28 heavy (non-hydrogen) atoms. The molecule has 0 fully saturated rings. The Labute approximate surface area is 171 Å². The Morgan fingerprint density at radius 3 is 2.36 bits per heavy atom. The zero-order valence-corrected chi connectivity index (χ0v) is 16.4. The number of alkyl halides is 3. The minimum atomic E-state index is -4.32. The lowest BCUT2D eigenvalue weighted by Gasteiger charge is -2.29. The van der Waals surface area contributed by atoms with Crippen molar-refractivity contribution < 1.29 is 13.2 Å². The van der Waals surface area contributed by atoms with Gasteiger partial charge in [0.2, 0.25) is 0 Å². The van der Waals surface area contributed by atoms with Gasteiger partial charge in [0.25, 0.3) is 0 Å². The van der Waals surface area contributed by atoms with Gasteiger partial charge in [-0.2, -0.15) is 13.2 Å². The highest BCUT2D eigenvalue weighted by atomic mass is 35.5. The number of nitrogens with zero attached hydrogens (tertiary/aromatic N) is 1. The standard InChI is InChI=1S/C22H17ClF3NS/c23-20-4-2-1-3-17(20)12-27-13-18-11-16(7-10-21(18)28-14-27)15-5-8-19(9-6-15)22(24,25)26/h1-11H,12-14H2. The van der Waals surface area contributed by atoms with Gasteiger partial charge in [-0.15, -0.1) is 11.8 Å². The molecule has 4 rings (SSSR count). The van der Waals surface area contributed by atoms with E-state index >= 15 is 0 Å². The molecule has 0 N–H and O–H groups in total. The number of rotatable bonds is 3. The highest BCUT2D eigenvalue weighted by molar-refractivity contribution is 7.99. The van der Waals surface area contributed by atoms with Gasteiger partial charge in [-0.05, 0) is 52.6 Å². The zero-order chi connectivity index (χ0) is 19.7. The maximum Gasteiger partial charge on any atom is 0.416 e. The van der Waals surface area contributed by atoms with Gasteiger partial charge in [0, 0.05) is 28.9 Å². The molecule has 0 radical (unpaired) electrons. The van der Waals surface area contributed by atoms with Crippen molar-refractivity contribution in [2.45, 2.75) is 24.2 Å². The van der Waals surface area contributed by atoms with E-state index in [-0.39, 0.29) is 0 Å². The van der Waals surface area contributed by atoms with Crippen molar-refractivity contribution in [3.8, 4) is 11.1 Å². The van der Waals surface area contributed by atoms with E-state index in [1.54, 1.807) is 11.8 Å². The van der Waals surface area contributed by atoms with Crippen LogP contribution in [-0.2, 0) is 19.3 Å². The fraction of sp³-hybridized carbons (Fsp3) is 0.182. The summed E-state index contributed by atoms with van der Waals surface area (Å²) >= 11 is 8.05. The first-order valence-electron chi connectivity index (χ1n) is 8.79. The Morgan fingerprint density at radius 1 is 0.929 bits per heavy atom. The van der Waals surface area contributed by atoms with E-state index in [1.165, 1.54) is 22.6 Å². The number of thioether (sulfide) groups is 1. The SMILES string of the molecule is FC(F)(F)c1ccc(-c2ccc3c(c2)CN(Cc2ccccc2Cl)CS3)cc1. The molecule has 1 heterocycles. The molecule has 144 valence electrons. The highest BCUT2D eigenvalue weighted by Crippen LogP contribution is 2.36. The van der Waals surface area contributed by atoms with Gasteiger partial charge in [0.05, 0.1) is 5.56 Å². The van der Waals surface area contributed by atoms with Gasteiger partial charge in [-0.1, -0.05) is 48.0 Å². The van der Waals surface area contributed by atoms with E-state index in [0.29, 0.717) is 0 Å². The van der Waals surface area contributed by atoms with Crippen LogP contribution in [0.25, 0.3) is 11.1 Å². The lowest BCUT2D eigenvalue weighted by Crippen LogP contribution is -2.25. The average Bonchev–Trinajstić information content (AvgIpc) is 2.69. The molecule has 0 atom stereocenters. The van der Waals surface area contributed by atoms with Crippen molar-refractivity contribution in [3.05, 3.63) is 88.4 Å². The Bertz CT molecular complexity index is 986. The van der Waals surface area contributed by atoms with Gasteiger partial charge in [0.15, 0.2) is 0 Å². The number of hydrogen-bond donors (Lipinski definition) is 0. The fourth-order valence-electron chi connectivity index (χ4n) is 3.29. The third-order valence-electron chi connectivity index (χ3n) is 4.75. The molecule has 0 saturated carbocycles. The number of hydrogen-bond acceptors (Lipinski definition) is 2. The van der Waals surface area contributed by atoms with Crippen molar-refractivity contribution in [1.82, 2.24) is 4.90 Å². The van der Waals surface area contributed by atoms with Crippen LogP contribution in [0.4, 0.5) is 13.2 Å². The molecule has 0 spiro atoms. The molecule has 1 nitrogen and oxygen atoms in total. The van der Waals surface area contributed by atoms with Gasteiger partial charge in [0.1, 0.15) is 0 Å². The van der Waals surface area contributed by atoms with Gasteiger partial charge >= 0.3 is 6.18 Å². The van der Waals surface area contributed by atoms with Crippen LogP contribution in [0.5, 0.6) is 0 Å². The minimum absolute atomic E-state index is 0.629. The van der Waals surface area contributed by atoms with Crippen LogP contribution in [0.3, 0.4) is 0 Å². The molecular formula is C22H17ClF3NS. The smallest absolute Gasteiger partial charge is 0.285 e. The first kappa shape index (κ1) is 19.4. The number of benzene rings is 3. The Hall–Kier alpha value is -1.95. The first-order valence-corrected chi connectivity index (χ1v) is 10.2. The highest BCUT2D eigenvalue weighted by Gasteiger charge is 2.30. The van der Waals surface area contributed by atoms with Gasteiger partial charge in [-0.3, -0.25) is 4.90 Å². The summed E-state index contributed by atoms with van der Waals surface area (Å²) in [5.41, 5.74) is 3.35. The van der Waals surface area contributed by atoms with Gasteiger partial charge in [-0.25, -0.2) is 0 Å². The number of halogens is 4. The lowest BCUT2D eigenvalue weighted by molar-refractivity contribution is -0.137. The molecular weight excluding hydrogens is 403 g/mol. The van der Waals surface area contributed by atoms with Crippen LogP contribution in [-0.4, -0.2) is 10.8 Å². The van der Waals surface area contributed by atoms with Crippen LogP contribution in [0.15, 0.2) is 71.6 Å². The molecule has 1 aliphatic heterocycles. The molecule has 0 amide bonds. The third-order valence-corrected chi connectivity index (χ3v) is 6.33. The molecule has 3 aromatic carbocycles. The van der Waals surface area contributed by atoms with Crippen molar-refractivity contribution >= 4 is 23.4 Å². The molecule has 0 aliphatic carbocycles. The summed E-state index contributed by atoms with van der Waals surface area (Å²) in [6, 6.07) is 19.2. The van der Waals surface area contributed by atoms with E-state index in [2.05, 4.69) is 17.0 Å². The second kappa shape index (κ2) is 7.82. The van der Waals surface area contributed by atoms with Crippen molar-refractivity contribution in [2.75, 3.05) is 5.88 Å². The van der Waals surface area contributed by atoms with E-state index in [1.807, 2.05) is 30.3 Å². The monoisotopic (exact) mass is 419 g/mol. The largest absolute Gasteiger partial charge is 0.416 e. The van der Waals surface area contributed by atoms with Crippen molar-refractivity contribution in [2.24, 2.45) is 0 Å². The molecule has 0 saturated heterocycles. The van der Waals surface area contributed by atoms with Crippen LogP contribution >= 0.6 is 23.4 Å². The fourth-order valence-corrected chi connectivity index (χ4v) is 4.46. The Morgan fingerprint density at radius 2 is 1.64 bits per heavy atom. The molecule has 0 aromatic heterocycles. The quantitative estimate of drug-likeness (QED) is 0.445. The summed E-state index contributed by atoms with van der Waals surface area (Å²) in [4.78, 5) is 3.52. The van der Waals surface area contributed by atoms with E-state index in [0.717, 1.165) is 52.8 Å². The molecule has 1 aliphatic rings. The van der Waals surface area contributed by atoms with Crippen LogP contribution in [0, 0.1) is 0 Å². The zero-order valence-electron chi connectivity index (χ0n) is 14.8. The number of fused-ring (bicyclic) bond motifs is 1. The average molecular weight is 420 g/mol. The second-order valence-electron chi connectivity index (χ2n) is 6.75. The predicted molar refractivity (Wildman–Crippen MR) is 108 cm³/mol. The topological polar surface area (TPSA) is 3.24 Å². The van der Waals surface area contributed by atoms with Crippen LogP contribution in [0.1, 0.15) is 16.7 Å². The Kier molecular flexibility index (Phi) is 5.41. The maximum atomic E-state index is 12.8. The van der Waals surface area contributed by atoms with Crippen LogP contribution in [0.2, 0.25) is 5.02 Å². The maximum absolute atomic E-state index is 12.8. The molecule has 0 bridgehead atoms. The van der Waals surface area contributed by atoms with E-state index in [9.17, 15) is 13.2 Å². The predicted octanol–water partition coefficient (Wildman–Crippen LogP) is 7.09. The first-order chi connectivity index (χ1) is 13.4. The molecule has 3 aromatic rings. The third kappa shape index (κ3) is 4.22. The minimum Gasteiger partial charge on any atom is -0.285 e. The summed E-state index contributed by atoms with van der Waals surface area (Å²) in [5.74, 6) is 0.873. The van der Waals surface area contributed by atoms with Crippen molar-refractivity contribution in [1.29, 1.82) is 0 Å². The second-order valence-corrected chi connectivity index (χ2v) is 8.14. The van der Waals surface area contributed by atoms with Crippen molar-refractivity contribution in [3.63, 3.8) is 0 Å². The van der Waals surface area contributed by atoms with E-state index in [4.69, 9.17) is 11.6 Å². The normalized spacial score (nSPS) is 14.7. The van der Waals surface area contributed by atoms with E-state index < -0.39 is 11.7 Å².